The van der Waals surface area contributed by atoms with Crippen LogP contribution < -0.4 is 5.43 Å². The molecule has 0 radical (unpaired) electrons. The predicted octanol–water partition coefficient (Wildman–Crippen LogP) is 5.20. The molecule has 2 amide bonds. The fraction of sp³-hybridized carbons (Fsp3) is 0.222. The fourth-order valence-corrected chi connectivity index (χ4v) is 4.90. The lowest BCUT2D eigenvalue weighted by Gasteiger charge is -2.24. The molecule has 3 aromatic rings. The molecule has 1 fully saturated rings. The van der Waals surface area contributed by atoms with Crippen molar-refractivity contribution in [1.29, 1.82) is 0 Å². The van der Waals surface area contributed by atoms with Gasteiger partial charge in [0.1, 0.15) is 5.37 Å². The van der Waals surface area contributed by atoms with Gasteiger partial charge in [0, 0.05) is 17.8 Å². The Morgan fingerprint density at radius 2 is 1.61 bits per heavy atom. The molecule has 0 bridgehead atoms. The van der Waals surface area contributed by atoms with E-state index < -0.39 is 0 Å². The average Bonchev–Trinajstić information content (AvgIpc) is 3.22. The third kappa shape index (κ3) is 6.11. The number of thioether (sulfide) groups is 1. The summed E-state index contributed by atoms with van der Waals surface area (Å²) in [7, 11) is 0. The van der Waals surface area contributed by atoms with Crippen LogP contribution in [0.15, 0.2) is 90.0 Å². The van der Waals surface area contributed by atoms with E-state index in [9.17, 15) is 9.59 Å². The van der Waals surface area contributed by atoms with Gasteiger partial charge in [-0.05, 0) is 48.6 Å². The van der Waals surface area contributed by atoms with E-state index in [2.05, 4.69) is 22.7 Å². The topological polar surface area (TPSA) is 61.8 Å². The first-order valence-electron chi connectivity index (χ1n) is 11.0. The molecule has 0 aromatic heterocycles. The minimum atomic E-state index is -0.239. The SMILES string of the molecule is C/C(CCc1ccccc1)=N/NC(=O)c1ccc(C2SCC(=O)N2Cc2ccccc2)cc1. The van der Waals surface area contributed by atoms with E-state index in [1.165, 1.54) is 5.56 Å². The molecule has 33 heavy (non-hydrogen) atoms. The summed E-state index contributed by atoms with van der Waals surface area (Å²) in [6.07, 6.45) is 1.67. The van der Waals surface area contributed by atoms with Gasteiger partial charge in [-0.25, -0.2) is 5.43 Å². The van der Waals surface area contributed by atoms with Crippen molar-refractivity contribution < 1.29 is 9.59 Å². The van der Waals surface area contributed by atoms with Crippen molar-refractivity contribution in [2.75, 3.05) is 5.75 Å². The van der Waals surface area contributed by atoms with Crippen LogP contribution in [0.25, 0.3) is 0 Å². The molecule has 1 aliphatic heterocycles. The summed E-state index contributed by atoms with van der Waals surface area (Å²) in [6, 6.07) is 27.7. The number of hydrogen-bond acceptors (Lipinski definition) is 4. The molecule has 1 N–H and O–H groups in total. The average molecular weight is 458 g/mol. The zero-order valence-corrected chi connectivity index (χ0v) is 19.4. The summed E-state index contributed by atoms with van der Waals surface area (Å²) in [6.45, 7) is 2.50. The van der Waals surface area contributed by atoms with Crippen LogP contribution in [0.1, 0.15) is 45.8 Å². The Morgan fingerprint density at radius 1 is 0.970 bits per heavy atom. The molecule has 1 aliphatic rings. The number of benzene rings is 3. The van der Waals surface area contributed by atoms with Crippen LogP contribution in [0.2, 0.25) is 0 Å². The van der Waals surface area contributed by atoms with Crippen LogP contribution in [-0.2, 0) is 17.8 Å². The van der Waals surface area contributed by atoms with Crippen molar-refractivity contribution in [3.63, 3.8) is 0 Å². The van der Waals surface area contributed by atoms with E-state index >= 15 is 0 Å². The number of carbonyl (C=O) groups is 2. The lowest BCUT2D eigenvalue weighted by molar-refractivity contribution is -0.128. The van der Waals surface area contributed by atoms with Gasteiger partial charge in [-0.1, -0.05) is 72.8 Å². The Morgan fingerprint density at radius 3 is 2.27 bits per heavy atom. The lowest BCUT2D eigenvalue weighted by Crippen LogP contribution is -2.27. The maximum atomic E-state index is 12.5. The number of nitrogens with zero attached hydrogens (tertiary/aromatic N) is 2. The molecule has 1 atom stereocenters. The van der Waals surface area contributed by atoms with Gasteiger partial charge in [-0.2, -0.15) is 5.10 Å². The molecule has 4 rings (SSSR count). The second-order valence-corrected chi connectivity index (χ2v) is 9.13. The van der Waals surface area contributed by atoms with Gasteiger partial charge in [-0.15, -0.1) is 11.8 Å². The second-order valence-electron chi connectivity index (χ2n) is 8.07. The first-order valence-corrected chi connectivity index (χ1v) is 12.1. The van der Waals surface area contributed by atoms with Crippen LogP contribution in [0.5, 0.6) is 0 Å². The van der Waals surface area contributed by atoms with Gasteiger partial charge >= 0.3 is 0 Å². The highest BCUT2D eigenvalue weighted by Gasteiger charge is 2.32. The lowest BCUT2D eigenvalue weighted by atomic mass is 10.1. The normalized spacial score (nSPS) is 16.2. The maximum absolute atomic E-state index is 12.5. The molecule has 1 heterocycles. The largest absolute Gasteiger partial charge is 0.322 e. The minimum absolute atomic E-state index is 0.0481. The summed E-state index contributed by atoms with van der Waals surface area (Å²) in [4.78, 5) is 26.9. The Balaban J connectivity index is 1.35. The molecular formula is C27H27N3O2S. The van der Waals surface area contributed by atoms with E-state index in [-0.39, 0.29) is 17.2 Å². The molecule has 1 saturated heterocycles. The number of rotatable bonds is 8. The molecule has 3 aromatic carbocycles. The molecular weight excluding hydrogens is 430 g/mol. The third-order valence-corrected chi connectivity index (χ3v) is 6.84. The molecule has 0 aliphatic carbocycles. The van der Waals surface area contributed by atoms with Crippen molar-refractivity contribution in [2.24, 2.45) is 5.10 Å². The predicted molar refractivity (Wildman–Crippen MR) is 134 cm³/mol. The van der Waals surface area contributed by atoms with Crippen molar-refractivity contribution in [3.8, 4) is 0 Å². The van der Waals surface area contributed by atoms with Crippen LogP contribution in [-0.4, -0.2) is 28.2 Å². The van der Waals surface area contributed by atoms with Gasteiger partial charge in [0.2, 0.25) is 5.91 Å². The zero-order valence-electron chi connectivity index (χ0n) is 18.6. The summed E-state index contributed by atoms with van der Waals surface area (Å²) in [5, 5.41) is 4.20. The van der Waals surface area contributed by atoms with E-state index in [0.29, 0.717) is 17.9 Å². The smallest absolute Gasteiger partial charge is 0.271 e. The first-order chi connectivity index (χ1) is 16.1. The quantitative estimate of drug-likeness (QED) is 0.374. The van der Waals surface area contributed by atoms with Crippen molar-refractivity contribution >= 4 is 29.3 Å². The summed E-state index contributed by atoms with van der Waals surface area (Å²) in [5.41, 5.74) is 7.44. The number of hydrogen-bond donors (Lipinski definition) is 1. The van der Waals surface area contributed by atoms with Crippen LogP contribution in [0, 0.1) is 0 Å². The van der Waals surface area contributed by atoms with Gasteiger partial charge in [-0.3, -0.25) is 9.59 Å². The van der Waals surface area contributed by atoms with Gasteiger partial charge in [0.25, 0.3) is 5.91 Å². The number of carbonyl (C=O) groups excluding carboxylic acids is 2. The molecule has 5 nitrogen and oxygen atoms in total. The third-order valence-electron chi connectivity index (χ3n) is 5.59. The highest BCUT2D eigenvalue weighted by atomic mass is 32.2. The number of hydrazone groups is 1. The highest BCUT2D eigenvalue weighted by Crippen LogP contribution is 2.39. The molecule has 168 valence electrons. The molecule has 0 spiro atoms. The number of nitrogens with one attached hydrogen (secondary N) is 1. The van der Waals surface area contributed by atoms with Crippen molar-refractivity contribution in [1.82, 2.24) is 10.3 Å². The Bertz CT molecular complexity index is 1120. The maximum Gasteiger partial charge on any atom is 0.271 e. The van der Waals surface area contributed by atoms with E-state index in [1.54, 1.807) is 23.9 Å². The van der Waals surface area contributed by atoms with E-state index in [0.717, 1.165) is 29.7 Å². The van der Waals surface area contributed by atoms with E-state index in [4.69, 9.17) is 0 Å². The van der Waals surface area contributed by atoms with Crippen LogP contribution in [0.3, 0.4) is 0 Å². The van der Waals surface area contributed by atoms with Gasteiger partial charge < -0.3 is 4.90 Å². The molecule has 0 saturated carbocycles. The first kappa shape index (κ1) is 22.8. The summed E-state index contributed by atoms with van der Waals surface area (Å²) in [5.74, 6) is 0.365. The summed E-state index contributed by atoms with van der Waals surface area (Å²) >= 11 is 1.62. The highest BCUT2D eigenvalue weighted by molar-refractivity contribution is 8.00. The monoisotopic (exact) mass is 457 g/mol. The second kappa shape index (κ2) is 11.0. The van der Waals surface area contributed by atoms with Crippen molar-refractivity contribution in [3.05, 3.63) is 107 Å². The molecule has 6 heteroatoms. The fourth-order valence-electron chi connectivity index (χ4n) is 3.72. The molecule has 1 unspecified atom stereocenters. The van der Waals surface area contributed by atoms with Crippen LogP contribution >= 0.6 is 11.8 Å². The van der Waals surface area contributed by atoms with Crippen molar-refractivity contribution in [2.45, 2.75) is 31.7 Å². The Labute approximate surface area is 198 Å². The van der Waals surface area contributed by atoms with Gasteiger partial charge in [0.15, 0.2) is 0 Å². The van der Waals surface area contributed by atoms with Gasteiger partial charge in [0.05, 0.1) is 5.75 Å². The number of amides is 2. The standard InChI is InChI=1S/C27H27N3O2S/c1-20(12-13-21-8-4-2-5-9-21)28-29-26(32)23-14-16-24(17-15-23)27-30(25(31)19-33-27)18-22-10-6-3-7-11-22/h2-11,14-17,27H,12-13,18-19H2,1H3,(H,29,32)/b28-20-. The zero-order chi connectivity index (χ0) is 23.0. The van der Waals surface area contributed by atoms with E-state index in [1.807, 2.05) is 72.5 Å². The Kier molecular flexibility index (Phi) is 7.58. The van der Waals surface area contributed by atoms with Crippen LogP contribution in [0.4, 0.5) is 0 Å². The number of aryl methyl sites for hydroxylation is 1. The Hall–Kier alpha value is -3.38. The minimum Gasteiger partial charge on any atom is -0.322 e. The summed E-state index contributed by atoms with van der Waals surface area (Å²) < 4.78 is 0.